The Labute approximate surface area is 172 Å². The molecule has 0 saturated heterocycles. The van der Waals surface area contributed by atoms with Crippen molar-refractivity contribution in [2.24, 2.45) is 0 Å². The van der Waals surface area contributed by atoms with Crippen LogP contribution in [-0.2, 0) is 16.1 Å². The summed E-state index contributed by atoms with van der Waals surface area (Å²) in [6.07, 6.45) is -0.941. The maximum Gasteiger partial charge on any atom is 0.351 e. The van der Waals surface area contributed by atoms with Crippen molar-refractivity contribution in [1.82, 2.24) is 10.3 Å². The van der Waals surface area contributed by atoms with Crippen LogP contribution in [0.3, 0.4) is 0 Å². The SMILES string of the molecule is Cc1ccc(CNC(=O)[C@@H](C)OC(=O)c2sc(-c3ccc(F)cc3)nc2C)cc1. The third kappa shape index (κ3) is 5.26. The minimum atomic E-state index is -0.941. The topological polar surface area (TPSA) is 68.3 Å². The molecule has 0 unspecified atom stereocenters. The van der Waals surface area contributed by atoms with Gasteiger partial charge in [-0.15, -0.1) is 11.3 Å². The number of carbonyl (C=O) groups is 2. The number of esters is 1. The fourth-order valence-electron chi connectivity index (χ4n) is 2.61. The van der Waals surface area contributed by atoms with Gasteiger partial charge < -0.3 is 10.1 Å². The molecule has 3 aromatic rings. The first kappa shape index (κ1) is 20.7. The van der Waals surface area contributed by atoms with Gasteiger partial charge >= 0.3 is 5.97 Å². The lowest BCUT2D eigenvalue weighted by Gasteiger charge is -2.13. The smallest absolute Gasteiger partial charge is 0.351 e. The predicted molar refractivity (Wildman–Crippen MR) is 110 cm³/mol. The van der Waals surface area contributed by atoms with E-state index >= 15 is 0 Å². The minimum absolute atomic E-state index is 0.322. The molecule has 0 saturated carbocycles. The molecule has 7 heteroatoms. The summed E-state index contributed by atoms with van der Waals surface area (Å²) in [6, 6.07) is 13.7. The number of amides is 1. The number of benzene rings is 2. The zero-order valence-electron chi connectivity index (χ0n) is 16.4. The van der Waals surface area contributed by atoms with E-state index in [0.29, 0.717) is 27.7 Å². The highest BCUT2D eigenvalue weighted by atomic mass is 32.1. The molecule has 0 radical (unpaired) electrons. The van der Waals surface area contributed by atoms with Gasteiger partial charge in [0.15, 0.2) is 6.10 Å². The van der Waals surface area contributed by atoms with Crippen LogP contribution in [0.25, 0.3) is 10.6 Å². The highest BCUT2D eigenvalue weighted by Gasteiger charge is 2.23. The zero-order valence-corrected chi connectivity index (χ0v) is 17.2. The number of ether oxygens (including phenoxy) is 1. The van der Waals surface area contributed by atoms with E-state index < -0.39 is 12.1 Å². The molecule has 0 bridgehead atoms. The van der Waals surface area contributed by atoms with Gasteiger partial charge in [-0.05, 0) is 50.6 Å². The van der Waals surface area contributed by atoms with Gasteiger partial charge in [-0.2, -0.15) is 0 Å². The standard InChI is InChI=1S/C22H21FN2O3S/c1-13-4-6-16(7-5-13)12-24-20(26)15(3)28-22(27)19-14(2)25-21(29-19)17-8-10-18(23)11-9-17/h4-11,15H,12H2,1-3H3,(H,24,26)/t15-/m1/s1. The lowest BCUT2D eigenvalue weighted by atomic mass is 10.1. The number of rotatable bonds is 6. The average Bonchev–Trinajstić information content (AvgIpc) is 3.09. The first-order valence-corrected chi connectivity index (χ1v) is 9.92. The van der Waals surface area contributed by atoms with E-state index in [-0.39, 0.29) is 11.7 Å². The Bertz CT molecular complexity index is 1010. The van der Waals surface area contributed by atoms with Crippen LogP contribution in [0, 0.1) is 19.7 Å². The number of thiazole rings is 1. The molecule has 1 atom stereocenters. The third-order valence-corrected chi connectivity index (χ3v) is 5.50. The fraction of sp³-hybridized carbons (Fsp3) is 0.227. The largest absolute Gasteiger partial charge is 0.448 e. The summed E-state index contributed by atoms with van der Waals surface area (Å²) in [4.78, 5) is 29.4. The van der Waals surface area contributed by atoms with Crippen LogP contribution in [0.4, 0.5) is 4.39 Å². The Morgan fingerprint density at radius 2 is 1.76 bits per heavy atom. The van der Waals surface area contributed by atoms with Crippen molar-refractivity contribution in [2.75, 3.05) is 0 Å². The van der Waals surface area contributed by atoms with Gasteiger partial charge in [-0.25, -0.2) is 14.2 Å². The molecular weight excluding hydrogens is 391 g/mol. The summed E-state index contributed by atoms with van der Waals surface area (Å²) >= 11 is 1.15. The number of aryl methyl sites for hydroxylation is 2. The van der Waals surface area contributed by atoms with Gasteiger partial charge in [0.2, 0.25) is 0 Å². The van der Waals surface area contributed by atoms with Gasteiger partial charge in [-0.1, -0.05) is 29.8 Å². The van der Waals surface area contributed by atoms with Crippen LogP contribution in [-0.4, -0.2) is 23.0 Å². The molecule has 0 spiro atoms. The molecule has 1 heterocycles. The highest BCUT2D eigenvalue weighted by molar-refractivity contribution is 7.17. The number of nitrogens with zero attached hydrogens (tertiary/aromatic N) is 1. The Morgan fingerprint density at radius 3 is 2.41 bits per heavy atom. The Balaban J connectivity index is 1.61. The van der Waals surface area contributed by atoms with Crippen LogP contribution in [0.2, 0.25) is 0 Å². The molecule has 150 valence electrons. The molecule has 0 aliphatic carbocycles. The Hall–Kier alpha value is -3.06. The normalized spacial score (nSPS) is 11.7. The van der Waals surface area contributed by atoms with Gasteiger partial charge in [-0.3, -0.25) is 4.79 Å². The van der Waals surface area contributed by atoms with E-state index in [1.165, 1.54) is 19.1 Å². The molecule has 3 rings (SSSR count). The second kappa shape index (κ2) is 8.96. The lowest BCUT2D eigenvalue weighted by molar-refractivity contribution is -0.129. The highest BCUT2D eigenvalue weighted by Crippen LogP contribution is 2.28. The molecule has 29 heavy (non-hydrogen) atoms. The van der Waals surface area contributed by atoms with E-state index in [0.717, 1.165) is 22.5 Å². The van der Waals surface area contributed by atoms with Crippen LogP contribution >= 0.6 is 11.3 Å². The molecule has 2 aromatic carbocycles. The van der Waals surface area contributed by atoms with Crippen molar-refractivity contribution in [1.29, 1.82) is 0 Å². The van der Waals surface area contributed by atoms with Crippen LogP contribution in [0.5, 0.6) is 0 Å². The van der Waals surface area contributed by atoms with Crippen molar-refractivity contribution in [2.45, 2.75) is 33.4 Å². The van der Waals surface area contributed by atoms with Gasteiger partial charge in [0.25, 0.3) is 5.91 Å². The van der Waals surface area contributed by atoms with Crippen molar-refractivity contribution in [3.8, 4) is 10.6 Å². The third-order valence-electron chi connectivity index (χ3n) is 4.31. The number of aromatic nitrogens is 1. The summed E-state index contributed by atoms with van der Waals surface area (Å²) in [6.45, 7) is 5.57. The first-order valence-electron chi connectivity index (χ1n) is 9.11. The number of carbonyl (C=O) groups excluding carboxylic acids is 2. The Kier molecular flexibility index (Phi) is 6.39. The van der Waals surface area contributed by atoms with Gasteiger partial charge in [0.1, 0.15) is 15.7 Å². The molecule has 0 aliphatic rings. The van der Waals surface area contributed by atoms with Crippen LogP contribution in [0.1, 0.15) is 33.4 Å². The minimum Gasteiger partial charge on any atom is -0.448 e. The second-order valence-electron chi connectivity index (χ2n) is 6.69. The summed E-state index contributed by atoms with van der Waals surface area (Å²) in [5.74, 6) is -1.32. The molecule has 1 amide bonds. The van der Waals surface area contributed by atoms with Gasteiger partial charge in [0, 0.05) is 12.1 Å². The maximum atomic E-state index is 13.1. The summed E-state index contributed by atoms with van der Waals surface area (Å²) in [5, 5.41) is 3.35. The van der Waals surface area contributed by atoms with E-state index in [9.17, 15) is 14.0 Å². The zero-order chi connectivity index (χ0) is 21.0. The van der Waals surface area contributed by atoms with Crippen molar-refractivity contribution < 1.29 is 18.7 Å². The molecule has 1 aromatic heterocycles. The number of hydrogen-bond acceptors (Lipinski definition) is 5. The second-order valence-corrected chi connectivity index (χ2v) is 7.69. The summed E-state index contributed by atoms with van der Waals surface area (Å²) in [5.41, 5.74) is 3.32. The average molecular weight is 412 g/mol. The van der Waals surface area contributed by atoms with Gasteiger partial charge in [0.05, 0.1) is 5.69 Å². The monoisotopic (exact) mass is 412 g/mol. The van der Waals surface area contributed by atoms with E-state index in [2.05, 4.69) is 10.3 Å². The fourth-order valence-corrected chi connectivity index (χ4v) is 3.56. The van der Waals surface area contributed by atoms with Crippen molar-refractivity contribution >= 4 is 23.2 Å². The van der Waals surface area contributed by atoms with Crippen molar-refractivity contribution in [3.63, 3.8) is 0 Å². The van der Waals surface area contributed by atoms with Crippen molar-refractivity contribution in [3.05, 3.63) is 76.0 Å². The predicted octanol–water partition coefficient (Wildman–Crippen LogP) is 4.43. The molecule has 0 fully saturated rings. The molecule has 5 nitrogen and oxygen atoms in total. The molecule has 1 N–H and O–H groups in total. The van der Waals surface area contributed by atoms with E-state index in [1.54, 1.807) is 19.1 Å². The first-order chi connectivity index (χ1) is 13.8. The quantitative estimate of drug-likeness (QED) is 0.608. The number of hydrogen-bond donors (Lipinski definition) is 1. The number of halogens is 1. The van der Waals surface area contributed by atoms with Crippen LogP contribution in [0.15, 0.2) is 48.5 Å². The number of nitrogens with one attached hydrogen (secondary N) is 1. The summed E-state index contributed by atoms with van der Waals surface area (Å²) < 4.78 is 18.4. The molecule has 0 aliphatic heterocycles. The molecular formula is C22H21FN2O3S. The van der Waals surface area contributed by atoms with Crippen LogP contribution < -0.4 is 5.32 Å². The maximum absolute atomic E-state index is 13.1. The summed E-state index contributed by atoms with van der Waals surface area (Å²) in [7, 11) is 0. The van der Waals surface area contributed by atoms with E-state index in [4.69, 9.17) is 4.74 Å². The van der Waals surface area contributed by atoms with E-state index in [1.807, 2.05) is 31.2 Å². The lowest BCUT2D eigenvalue weighted by Crippen LogP contribution is -2.35. The Morgan fingerprint density at radius 1 is 1.10 bits per heavy atom.